The fourth-order valence-electron chi connectivity index (χ4n) is 4.03. The first kappa shape index (κ1) is 23.5. The van der Waals surface area contributed by atoms with E-state index in [4.69, 9.17) is 14.2 Å². The molecule has 3 rings (SSSR count). The van der Waals surface area contributed by atoms with Gasteiger partial charge in [0, 0.05) is 11.1 Å². The molecular formula is C27H31IO3. The van der Waals surface area contributed by atoms with Gasteiger partial charge in [-0.3, -0.25) is 0 Å². The van der Waals surface area contributed by atoms with Crippen LogP contribution in [0.15, 0.2) is 48.5 Å². The van der Waals surface area contributed by atoms with Crippen molar-refractivity contribution in [3.8, 4) is 39.5 Å². The van der Waals surface area contributed by atoms with Crippen molar-refractivity contribution in [1.29, 1.82) is 0 Å². The summed E-state index contributed by atoms with van der Waals surface area (Å²) in [7, 11) is 5.17. The predicted octanol–water partition coefficient (Wildman–Crippen LogP) is 7.90. The molecule has 0 fully saturated rings. The molecular weight excluding hydrogens is 499 g/mol. The van der Waals surface area contributed by atoms with E-state index in [-0.39, 0.29) is 0 Å². The van der Waals surface area contributed by atoms with Crippen LogP contribution in [0.2, 0.25) is 0 Å². The van der Waals surface area contributed by atoms with Gasteiger partial charge in [-0.05, 0) is 74.9 Å². The molecule has 31 heavy (non-hydrogen) atoms. The number of hydrogen-bond donors (Lipinski definition) is 0. The highest BCUT2D eigenvalue weighted by atomic mass is 127. The second-order valence-corrected chi connectivity index (χ2v) is 9.28. The number of hydrogen-bond acceptors (Lipinski definition) is 3. The van der Waals surface area contributed by atoms with E-state index in [2.05, 4.69) is 74.6 Å². The minimum Gasteiger partial charge on any atom is -0.496 e. The normalized spacial score (nSPS) is 11.2. The van der Waals surface area contributed by atoms with Crippen molar-refractivity contribution in [3.63, 3.8) is 0 Å². The van der Waals surface area contributed by atoms with Gasteiger partial charge in [0.2, 0.25) is 0 Å². The number of benzene rings is 3. The molecule has 0 aliphatic rings. The lowest BCUT2D eigenvalue weighted by molar-refractivity contribution is 0.402. The molecule has 0 aromatic heterocycles. The Kier molecular flexibility index (Phi) is 7.52. The van der Waals surface area contributed by atoms with Gasteiger partial charge in [0.25, 0.3) is 0 Å². The van der Waals surface area contributed by atoms with E-state index < -0.39 is 0 Å². The Hall–Kier alpha value is -2.21. The standard InChI is InChI=1S/C27H31IO3/c1-16(2)20-14-18(19-10-8-9-11-22(19)29-5)15-21(17(3)4)25(20)26-23(30-6)12-13-24(31-7)27(26)28/h8-17H,1-7H3. The molecule has 0 atom stereocenters. The molecule has 0 aliphatic heterocycles. The van der Waals surface area contributed by atoms with Gasteiger partial charge in [0.1, 0.15) is 17.2 Å². The quantitative estimate of drug-likeness (QED) is 0.291. The zero-order valence-corrected chi connectivity index (χ0v) is 21.5. The third-order valence-electron chi connectivity index (χ3n) is 5.62. The summed E-state index contributed by atoms with van der Waals surface area (Å²) >= 11 is 2.38. The largest absolute Gasteiger partial charge is 0.496 e. The molecule has 3 aromatic rings. The van der Waals surface area contributed by atoms with E-state index in [1.54, 1.807) is 21.3 Å². The molecule has 0 N–H and O–H groups in total. The second kappa shape index (κ2) is 9.94. The molecule has 0 heterocycles. The van der Waals surface area contributed by atoms with Crippen LogP contribution in [0, 0.1) is 3.57 Å². The van der Waals surface area contributed by atoms with Crippen LogP contribution in [0.25, 0.3) is 22.3 Å². The Labute approximate surface area is 199 Å². The highest BCUT2D eigenvalue weighted by Crippen LogP contribution is 2.47. The lowest BCUT2D eigenvalue weighted by Gasteiger charge is -2.25. The van der Waals surface area contributed by atoms with Crippen molar-refractivity contribution in [2.75, 3.05) is 21.3 Å². The monoisotopic (exact) mass is 530 g/mol. The second-order valence-electron chi connectivity index (χ2n) is 8.20. The zero-order chi connectivity index (χ0) is 22.7. The van der Waals surface area contributed by atoms with Crippen LogP contribution < -0.4 is 14.2 Å². The van der Waals surface area contributed by atoms with Crippen LogP contribution in [-0.2, 0) is 0 Å². The van der Waals surface area contributed by atoms with Crippen LogP contribution in [0.3, 0.4) is 0 Å². The number of halogens is 1. The van der Waals surface area contributed by atoms with E-state index in [1.165, 1.54) is 22.3 Å². The number of rotatable bonds is 7. The summed E-state index contributed by atoms with van der Waals surface area (Å²) in [5.74, 6) is 3.25. The summed E-state index contributed by atoms with van der Waals surface area (Å²) < 4.78 is 18.2. The summed E-state index contributed by atoms with van der Waals surface area (Å²) in [6, 6.07) is 16.8. The Morgan fingerprint density at radius 1 is 0.645 bits per heavy atom. The number of para-hydroxylation sites is 1. The van der Waals surface area contributed by atoms with Gasteiger partial charge >= 0.3 is 0 Å². The molecule has 3 nitrogen and oxygen atoms in total. The summed E-state index contributed by atoms with van der Waals surface area (Å²) in [5, 5.41) is 0. The summed E-state index contributed by atoms with van der Waals surface area (Å²) in [6.07, 6.45) is 0. The first-order valence-corrected chi connectivity index (χ1v) is 11.6. The maximum Gasteiger partial charge on any atom is 0.133 e. The average Bonchev–Trinajstić information content (AvgIpc) is 2.77. The molecule has 164 valence electrons. The Balaban J connectivity index is 2.43. The van der Waals surface area contributed by atoms with Crippen LogP contribution in [0.5, 0.6) is 17.2 Å². The molecule has 0 unspecified atom stereocenters. The van der Waals surface area contributed by atoms with Crippen molar-refractivity contribution >= 4 is 22.6 Å². The van der Waals surface area contributed by atoms with Crippen molar-refractivity contribution in [1.82, 2.24) is 0 Å². The topological polar surface area (TPSA) is 27.7 Å². The van der Waals surface area contributed by atoms with Gasteiger partial charge in [0.05, 0.1) is 24.9 Å². The average molecular weight is 530 g/mol. The third kappa shape index (κ3) is 4.54. The molecule has 0 aliphatic carbocycles. The molecule has 0 radical (unpaired) electrons. The Morgan fingerprint density at radius 2 is 1.16 bits per heavy atom. The summed E-state index contributed by atoms with van der Waals surface area (Å²) in [6.45, 7) is 8.98. The van der Waals surface area contributed by atoms with Gasteiger partial charge in [-0.2, -0.15) is 0 Å². The van der Waals surface area contributed by atoms with Crippen LogP contribution in [0.1, 0.15) is 50.7 Å². The first-order valence-electron chi connectivity index (χ1n) is 10.6. The SMILES string of the molecule is COc1ccccc1-c1cc(C(C)C)c(-c2c(OC)ccc(OC)c2I)c(C(C)C)c1. The Bertz CT molecular complexity index is 1040. The van der Waals surface area contributed by atoms with E-state index in [9.17, 15) is 0 Å². The molecule has 0 amide bonds. The fourth-order valence-corrected chi connectivity index (χ4v) is 4.96. The van der Waals surface area contributed by atoms with Crippen molar-refractivity contribution in [2.24, 2.45) is 0 Å². The fraction of sp³-hybridized carbons (Fsp3) is 0.333. The highest BCUT2D eigenvalue weighted by Gasteiger charge is 2.24. The van der Waals surface area contributed by atoms with Crippen LogP contribution in [-0.4, -0.2) is 21.3 Å². The van der Waals surface area contributed by atoms with Gasteiger partial charge in [-0.1, -0.05) is 58.0 Å². The third-order valence-corrected chi connectivity index (χ3v) is 6.69. The summed E-state index contributed by atoms with van der Waals surface area (Å²) in [5.41, 5.74) is 7.19. The molecule has 4 heteroatoms. The predicted molar refractivity (Wildman–Crippen MR) is 138 cm³/mol. The number of methoxy groups -OCH3 is 3. The van der Waals surface area contributed by atoms with E-state index in [1.807, 2.05) is 24.3 Å². The van der Waals surface area contributed by atoms with Crippen LogP contribution in [0.4, 0.5) is 0 Å². The zero-order valence-electron chi connectivity index (χ0n) is 19.4. The lowest BCUT2D eigenvalue weighted by atomic mass is 9.82. The lowest BCUT2D eigenvalue weighted by Crippen LogP contribution is -2.05. The molecule has 0 bridgehead atoms. The van der Waals surface area contributed by atoms with Gasteiger partial charge in [-0.25, -0.2) is 0 Å². The first-order chi connectivity index (χ1) is 14.8. The maximum absolute atomic E-state index is 5.82. The van der Waals surface area contributed by atoms with Crippen molar-refractivity contribution in [3.05, 3.63) is 63.2 Å². The minimum absolute atomic E-state index is 0.328. The Morgan fingerprint density at radius 3 is 1.68 bits per heavy atom. The van der Waals surface area contributed by atoms with E-state index in [0.29, 0.717) is 11.8 Å². The van der Waals surface area contributed by atoms with Crippen LogP contribution >= 0.6 is 22.6 Å². The maximum atomic E-state index is 5.82. The van der Waals surface area contributed by atoms with Crippen molar-refractivity contribution < 1.29 is 14.2 Å². The van der Waals surface area contributed by atoms with E-state index >= 15 is 0 Å². The number of ether oxygens (including phenoxy) is 3. The molecule has 0 saturated heterocycles. The molecule has 0 saturated carbocycles. The molecule has 3 aromatic carbocycles. The minimum atomic E-state index is 0.328. The highest BCUT2D eigenvalue weighted by molar-refractivity contribution is 14.1. The van der Waals surface area contributed by atoms with Gasteiger partial charge < -0.3 is 14.2 Å². The van der Waals surface area contributed by atoms with Gasteiger partial charge in [0.15, 0.2) is 0 Å². The van der Waals surface area contributed by atoms with E-state index in [0.717, 1.165) is 31.9 Å². The van der Waals surface area contributed by atoms with Crippen molar-refractivity contribution in [2.45, 2.75) is 39.5 Å². The van der Waals surface area contributed by atoms with Gasteiger partial charge in [-0.15, -0.1) is 0 Å². The summed E-state index contributed by atoms with van der Waals surface area (Å²) in [4.78, 5) is 0. The smallest absolute Gasteiger partial charge is 0.133 e. The molecule has 0 spiro atoms.